The molecule has 0 unspecified atom stereocenters. The van der Waals surface area contributed by atoms with Crippen molar-refractivity contribution in [3.05, 3.63) is 64.5 Å². The van der Waals surface area contributed by atoms with E-state index in [1.54, 1.807) is 42.5 Å². The average molecular weight is 326 g/mol. The van der Waals surface area contributed by atoms with Gasteiger partial charge in [0.05, 0.1) is 25.2 Å². The van der Waals surface area contributed by atoms with Crippen molar-refractivity contribution in [3.63, 3.8) is 0 Å². The van der Waals surface area contributed by atoms with Crippen molar-refractivity contribution in [1.82, 2.24) is 0 Å². The van der Waals surface area contributed by atoms with Crippen molar-refractivity contribution < 1.29 is 23.4 Å². The molecular weight excluding hydrogens is 312 g/mol. The Kier molecular flexibility index (Phi) is 4.20. The Morgan fingerprint density at radius 1 is 1.00 bits per heavy atom. The first kappa shape index (κ1) is 15.6. The molecule has 0 spiro atoms. The van der Waals surface area contributed by atoms with Crippen LogP contribution in [0.25, 0.3) is 11.0 Å². The maximum atomic E-state index is 12.5. The number of hydrogen-bond acceptors (Lipinski definition) is 6. The largest absolute Gasteiger partial charge is 0.497 e. The van der Waals surface area contributed by atoms with Crippen LogP contribution in [0.4, 0.5) is 0 Å². The quantitative estimate of drug-likeness (QED) is 0.684. The number of benzene rings is 2. The average Bonchev–Trinajstić information content (AvgIpc) is 2.63. The van der Waals surface area contributed by atoms with Gasteiger partial charge in [-0.15, -0.1) is 0 Å². The molecule has 2 aromatic carbocycles. The second-order valence-electron chi connectivity index (χ2n) is 4.91. The van der Waals surface area contributed by atoms with Crippen LogP contribution in [0.1, 0.15) is 10.4 Å². The van der Waals surface area contributed by atoms with Crippen molar-refractivity contribution in [2.24, 2.45) is 0 Å². The second-order valence-corrected chi connectivity index (χ2v) is 4.91. The number of hydrogen-bond donors (Lipinski definition) is 0. The Hall–Kier alpha value is -3.28. The van der Waals surface area contributed by atoms with E-state index in [1.807, 2.05) is 0 Å². The van der Waals surface area contributed by atoms with Crippen molar-refractivity contribution in [1.29, 1.82) is 0 Å². The molecular formula is C18H14O6. The monoisotopic (exact) mass is 326 g/mol. The number of methoxy groups -OCH3 is 2. The Bertz CT molecular complexity index is 940. The molecule has 6 nitrogen and oxygen atoms in total. The lowest BCUT2D eigenvalue weighted by Gasteiger charge is -2.07. The van der Waals surface area contributed by atoms with Gasteiger partial charge in [0.25, 0.3) is 0 Å². The van der Waals surface area contributed by atoms with Crippen LogP contribution < -0.4 is 14.9 Å². The Morgan fingerprint density at radius 2 is 1.71 bits per heavy atom. The summed E-state index contributed by atoms with van der Waals surface area (Å²) in [5.74, 6) is 0.611. The maximum Gasteiger partial charge on any atom is 0.337 e. The minimum Gasteiger partial charge on any atom is -0.497 e. The van der Waals surface area contributed by atoms with E-state index in [2.05, 4.69) is 4.74 Å². The van der Waals surface area contributed by atoms with E-state index in [1.165, 1.54) is 20.5 Å². The lowest BCUT2D eigenvalue weighted by atomic mass is 10.2. The van der Waals surface area contributed by atoms with Crippen LogP contribution in [0.2, 0.25) is 0 Å². The normalized spacial score (nSPS) is 10.4. The van der Waals surface area contributed by atoms with Gasteiger partial charge in [0.1, 0.15) is 23.3 Å². The molecule has 0 aliphatic rings. The molecule has 122 valence electrons. The first-order valence-corrected chi connectivity index (χ1v) is 7.08. The minimum atomic E-state index is -0.444. The van der Waals surface area contributed by atoms with Crippen molar-refractivity contribution in [2.45, 2.75) is 0 Å². The Labute approximate surface area is 137 Å². The highest BCUT2D eigenvalue weighted by molar-refractivity contribution is 5.89. The van der Waals surface area contributed by atoms with Gasteiger partial charge in [-0.1, -0.05) is 0 Å². The van der Waals surface area contributed by atoms with Gasteiger partial charge >= 0.3 is 5.97 Å². The first-order chi connectivity index (χ1) is 11.6. The van der Waals surface area contributed by atoms with Crippen LogP contribution in [0, 0.1) is 0 Å². The zero-order valence-electron chi connectivity index (χ0n) is 13.1. The van der Waals surface area contributed by atoms with E-state index in [0.29, 0.717) is 28.0 Å². The molecule has 0 aliphatic carbocycles. The third-order valence-corrected chi connectivity index (χ3v) is 3.45. The molecule has 0 bridgehead atoms. The third kappa shape index (κ3) is 2.94. The standard InChI is InChI=1S/C18H14O6/c1-21-13-7-8-14-15(9-13)23-10-16(17(14)19)24-12-5-3-11(4-6-12)18(20)22-2/h3-10H,1-2H3. The summed E-state index contributed by atoms with van der Waals surface area (Å²) >= 11 is 0. The van der Waals surface area contributed by atoms with Crippen molar-refractivity contribution in [2.75, 3.05) is 14.2 Å². The lowest BCUT2D eigenvalue weighted by Crippen LogP contribution is -2.05. The molecule has 0 N–H and O–H groups in total. The third-order valence-electron chi connectivity index (χ3n) is 3.45. The maximum absolute atomic E-state index is 12.5. The van der Waals surface area contributed by atoms with Crippen LogP contribution in [0.3, 0.4) is 0 Å². The smallest absolute Gasteiger partial charge is 0.337 e. The van der Waals surface area contributed by atoms with Crippen molar-refractivity contribution >= 4 is 16.9 Å². The summed E-state index contributed by atoms with van der Waals surface area (Å²) in [5.41, 5.74) is 0.506. The van der Waals surface area contributed by atoms with Gasteiger partial charge in [-0.05, 0) is 36.4 Å². The van der Waals surface area contributed by atoms with Gasteiger partial charge in [-0.25, -0.2) is 4.79 Å². The molecule has 1 heterocycles. The summed E-state index contributed by atoms with van der Waals surface area (Å²) in [5, 5.41) is 0.388. The first-order valence-electron chi connectivity index (χ1n) is 7.08. The molecule has 0 fully saturated rings. The molecule has 6 heteroatoms. The highest BCUT2D eigenvalue weighted by atomic mass is 16.5. The van der Waals surface area contributed by atoms with E-state index in [-0.39, 0.29) is 11.2 Å². The predicted molar refractivity (Wildman–Crippen MR) is 86.9 cm³/mol. The zero-order chi connectivity index (χ0) is 17.1. The van der Waals surface area contributed by atoms with Crippen LogP contribution in [0.5, 0.6) is 17.2 Å². The molecule has 3 aromatic rings. The molecule has 0 atom stereocenters. The van der Waals surface area contributed by atoms with Gasteiger partial charge in [0.2, 0.25) is 11.2 Å². The molecule has 3 rings (SSSR count). The molecule has 1 aromatic heterocycles. The lowest BCUT2D eigenvalue weighted by molar-refractivity contribution is 0.0600. The molecule has 24 heavy (non-hydrogen) atoms. The summed E-state index contributed by atoms with van der Waals surface area (Å²) in [6, 6.07) is 11.2. The van der Waals surface area contributed by atoms with E-state index in [4.69, 9.17) is 13.9 Å². The topological polar surface area (TPSA) is 75.0 Å². The van der Waals surface area contributed by atoms with Crippen LogP contribution in [-0.2, 0) is 4.74 Å². The molecule has 0 amide bonds. The van der Waals surface area contributed by atoms with Gasteiger partial charge in [-0.3, -0.25) is 4.79 Å². The molecule has 0 saturated heterocycles. The minimum absolute atomic E-state index is 0.0542. The predicted octanol–water partition coefficient (Wildman–Crippen LogP) is 3.38. The summed E-state index contributed by atoms with van der Waals surface area (Å²) < 4.78 is 20.7. The van der Waals surface area contributed by atoms with E-state index < -0.39 is 5.97 Å². The van der Waals surface area contributed by atoms with Crippen LogP contribution >= 0.6 is 0 Å². The Morgan fingerprint density at radius 3 is 2.38 bits per heavy atom. The van der Waals surface area contributed by atoms with Gasteiger partial charge < -0.3 is 18.6 Å². The van der Waals surface area contributed by atoms with Crippen LogP contribution in [-0.4, -0.2) is 20.2 Å². The number of esters is 1. The highest BCUT2D eigenvalue weighted by Gasteiger charge is 2.11. The van der Waals surface area contributed by atoms with E-state index in [0.717, 1.165) is 0 Å². The fourth-order valence-corrected chi connectivity index (χ4v) is 2.19. The number of carbonyl (C=O) groups excluding carboxylic acids is 1. The zero-order valence-corrected chi connectivity index (χ0v) is 13.1. The summed E-state index contributed by atoms with van der Waals surface area (Å²) in [7, 11) is 2.84. The van der Waals surface area contributed by atoms with E-state index >= 15 is 0 Å². The SMILES string of the molecule is COC(=O)c1ccc(Oc2coc3cc(OC)ccc3c2=O)cc1. The molecule has 0 aliphatic heterocycles. The number of rotatable bonds is 4. The fourth-order valence-electron chi connectivity index (χ4n) is 2.19. The second kappa shape index (κ2) is 6.45. The summed E-state index contributed by atoms with van der Waals surface area (Å²) in [6.45, 7) is 0. The van der Waals surface area contributed by atoms with Gasteiger partial charge in [0, 0.05) is 6.07 Å². The highest BCUT2D eigenvalue weighted by Crippen LogP contribution is 2.24. The fraction of sp³-hybridized carbons (Fsp3) is 0.111. The summed E-state index contributed by atoms with van der Waals surface area (Å²) in [4.78, 5) is 23.9. The summed E-state index contributed by atoms with van der Waals surface area (Å²) in [6.07, 6.45) is 1.25. The van der Waals surface area contributed by atoms with E-state index in [9.17, 15) is 9.59 Å². The molecule has 0 saturated carbocycles. The molecule has 0 radical (unpaired) electrons. The number of ether oxygens (including phenoxy) is 3. The van der Waals surface area contributed by atoms with Gasteiger partial charge in [-0.2, -0.15) is 0 Å². The van der Waals surface area contributed by atoms with Gasteiger partial charge in [0.15, 0.2) is 0 Å². The number of fused-ring (bicyclic) bond motifs is 1. The number of carbonyl (C=O) groups is 1. The Balaban J connectivity index is 1.91. The van der Waals surface area contributed by atoms with Crippen LogP contribution in [0.15, 0.2) is 57.9 Å². The van der Waals surface area contributed by atoms with Crippen molar-refractivity contribution in [3.8, 4) is 17.2 Å².